The molecule has 0 saturated carbocycles. The van der Waals surface area contributed by atoms with Crippen LogP contribution in [0.1, 0.15) is 45.3 Å². The van der Waals surface area contributed by atoms with E-state index in [-0.39, 0.29) is 24.6 Å². The third-order valence-corrected chi connectivity index (χ3v) is 2.30. The molecule has 0 amide bonds. The molecule has 0 bridgehead atoms. The van der Waals surface area contributed by atoms with Crippen LogP contribution in [0.25, 0.3) is 0 Å². The molecule has 1 aromatic carbocycles. The first-order valence-corrected chi connectivity index (χ1v) is 5.93. The maximum absolute atomic E-state index is 12.7. The first-order chi connectivity index (χ1) is 8.28. The fraction of sp³-hybridized carbons (Fsp3) is 0.500. The van der Waals surface area contributed by atoms with Gasteiger partial charge in [0.15, 0.2) is 0 Å². The summed E-state index contributed by atoms with van der Waals surface area (Å²) in [5.41, 5.74) is 0.0812. The maximum atomic E-state index is 12.7. The van der Waals surface area contributed by atoms with Crippen molar-refractivity contribution in [3.05, 3.63) is 35.6 Å². The second kappa shape index (κ2) is 5.96. The molecule has 0 aliphatic carbocycles. The summed E-state index contributed by atoms with van der Waals surface area (Å²) in [7, 11) is 0. The lowest BCUT2D eigenvalue weighted by Gasteiger charge is -2.20. The second-order valence-electron chi connectivity index (χ2n) is 5.19. The molecule has 3 nitrogen and oxygen atoms in total. The predicted molar refractivity (Wildman–Crippen MR) is 66.4 cm³/mol. The van der Waals surface area contributed by atoms with Crippen LogP contribution in [0, 0.1) is 5.82 Å². The molecule has 0 heterocycles. The van der Waals surface area contributed by atoms with Gasteiger partial charge in [-0.1, -0.05) is 12.1 Å². The van der Waals surface area contributed by atoms with E-state index in [0.717, 1.165) is 0 Å². The highest BCUT2D eigenvalue weighted by atomic mass is 19.1. The molecule has 1 aromatic rings. The van der Waals surface area contributed by atoms with Crippen molar-refractivity contribution >= 4 is 5.97 Å². The first kappa shape index (κ1) is 14.6. The van der Waals surface area contributed by atoms with Crippen molar-refractivity contribution in [2.75, 3.05) is 0 Å². The Morgan fingerprint density at radius 2 is 1.89 bits per heavy atom. The summed E-state index contributed by atoms with van der Waals surface area (Å²) in [6, 6.07) is 5.59. The van der Waals surface area contributed by atoms with Gasteiger partial charge < -0.3 is 9.84 Å². The van der Waals surface area contributed by atoms with Crippen LogP contribution in [0.3, 0.4) is 0 Å². The molecule has 1 rings (SSSR count). The Morgan fingerprint density at radius 3 is 2.39 bits per heavy atom. The van der Waals surface area contributed by atoms with E-state index in [4.69, 9.17) is 4.74 Å². The van der Waals surface area contributed by atoms with E-state index >= 15 is 0 Å². The van der Waals surface area contributed by atoms with E-state index in [9.17, 15) is 14.3 Å². The zero-order valence-electron chi connectivity index (χ0n) is 10.9. The molecule has 1 N–H and O–H groups in total. The Morgan fingerprint density at radius 1 is 1.33 bits per heavy atom. The van der Waals surface area contributed by atoms with Crippen molar-refractivity contribution in [1.29, 1.82) is 0 Å². The van der Waals surface area contributed by atoms with Gasteiger partial charge in [0.05, 0.1) is 6.10 Å². The average molecular weight is 254 g/mol. The van der Waals surface area contributed by atoms with Crippen molar-refractivity contribution in [3.63, 3.8) is 0 Å². The van der Waals surface area contributed by atoms with Crippen molar-refractivity contribution in [1.82, 2.24) is 0 Å². The highest BCUT2D eigenvalue weighted by molar-refractivity contribution is 5.69. The zero-order chi connectivity index (χ0) is 13.8. The number of carbonyl (C=O) groups excluding carboxylic acids is 1. The van der Waals surface area contributed by atoms with E-state index in [1.807, 2.05) is 0 Å². The summed E-state index contributed by atoms with van der Waals surface area (Å²) >= 11 is 0. The third-order valence-electron chi connectivity index (χ3n) is 2.30. The summed E-state index contributed by atoms with van der Waals surface area (Å²) in [6.07, 6.45) is -0.380. The molecule has 4 heteroatoms. The fourth-order valence-corrected chi connectivity index (χ4v) is 1.50. The average Bonchev–Trinajstić information content (AvgIpc) is 2.24. The van der Waals surface area contributed by atoms with Crippen LogP contribution in [0.2, 0.25) is 0 Å². The van der Waals surface area contributed by atoms with Gasteiger partial charge in [-0.15, -0.1) is 0 Å². The Balaban J connectivity index is 2.44. The van der Waals surface area contributed by atoms with Crippen LogP contribution in [-0.4, -0.2) is 16.7 Å². The van der Waals surface area contributed by atoms with Crippen LogP contribution >= 0.6 is 0 Å². The van der Waals surface area contributed by atoms with Gasteiger partial charge >= 0.3 is 5.97 Å². The molecular weight excluding hydrogens is 235 g/mol. The molecule has 1 atom stereocenters. The van der Waals surface area contributed by atoms with Gasteiger partial charge in [0, 0.05) is 6.42 Å². The molecule has 0 aliphatic rings. The number of ether oxygens (including phenoxy) is 1. The third kappa shape index (κ3) is 5.27. The quantitative estimate of drug-likeness (QED) is 0.840. The Kier molecular flexibility index (Phi) is 4.84. The zero-order valence-corrected chi connectivity index (χ0v) is 10.9. The van der Waals surface area contributed by atoms with E-state index in [1.165, 1.54) is 24.3 Å². The van der Waals surface area contributed by atoms with E-state index in [0.29, 0.717) is 5.56 Å². The maximum Gasteiger partial charge on any atom is 0.306 e. The van der Waals surface area contributed by atoms with Gasteiger partial charge in [0.2, 0.25) is 0 Å². The molecule has 0 aromatic heterocycles. The fourth-order valence-electron chi connectivity index (χ4n) is 1.50. The predicted octanol–water partition coefficient (Wildman–Crippen LogP) is 2.98. The number of esters is 1. The highest BCUT2D eigenvalue weighted by Gasteiger charge is 2.17. The highest BCUT2D eigenvalue weighted by Crippen LogP contribution is 2.19. The second-order valence-corrected chi connectivity index (χ2v) is 5.19. The van der Waals surface area contributed by atoms with Crippen LogP contribution in [0.15, 0.2) is 24.3 Å². The van der Waals surface area contributed by atoms with Crippen LogP contribution in [-0.2, 0) is 9.53 Å². The topological polar surface area (TPSA) is 46.5 Å². The Bertz CT molecular complexity index is 392. The van der Waals surface area contributed by atoms with Crippen molar-refractivity contribution in [3.8, 4) is 0 Å². The molecule has 0 fully saturated rings. The molecule has 100 valence electrons. The van der Waals surface area contributed by atoms with Gasteiger partial charge in [-0.3, -0.25) is 4.79 Å². The summed E-state index contributed by atoms with van der Waals surface area (Å²) in [6.45, 7) is 5.38. The van der Waals surface area contributed by atoms with Crippen molar-refractivity contribution < 1.29 is 19.0 Å². The van der Waals surface area contributed by atoms with Gasteiger partial charge in [0.25, 0.3) is 0 Å². The van der Waals surface area contributed by atoms with Gasteiger partial charge in [0.1, 0.15) is 11.4 Å². The number of hydrogen-bond donors (Lipinski definition) is 1. The summed E-state index contributed by atoms with van der Waals surface area (Å²) < 4.78 is 17.8. The summed E-state index contributed by atoms with van der Waals surface area (Å²) in [5.74, 6) is -0.693. The van der Waals surface area contributed by atoms with E-state index in [2.05, 4.69) is 0 Å². The van der Waals surface area contributed by atoms with Gasteiger partial charge in [-0.2, -0.15) is 0 Å². The van der Waals surface area contributed by atoms with Crippen LogP contribution in [0.5, 0.6) is 0 Å². The minimum atomic E-state index is -0.780. The normalized spacial score (nSPS) is 13.2. The number of carbonyl (C=O) groups is 1. The molecule has 1 unspecified atom stereocenters. The smallest absolute Gasteiger partial charge is 0.306 e. The van der Waals surface area contributed by atoms with Crippen LogP contribution in [0.4, 0.5) is 4.39 Å². The SMILES string of the molecule is CC(C)(C)OC(=O)CCC(O)c1ccc(F)cc1. The molecule has 0 aliphatic heterocycles. The van der Waals surface area contributed by atoms with Gasteiger partial charge in [-0.05, 0) is 44.9 Å². The lowest BCUT2D eigenvalue weighted by Crippen LogP contribution is -2.24. The molecule has 0 spiro atoms. The number of benzene rings is 1. The van der Waals surface area contributed by atoms with E-state index < -0.39 is 11.7 Å². The summed E-state index contributed by atoms with van der Waals surface area (Å²) in [5, 5.41) is 9.83. The molecule has 0 radical (unpaired) electrons. The Hall–Kier alpha value is -1.42. The standard InChI is InChI=1S/C14H19FO3/c1-14(2,3)18-13(17)9-8-12(16)10-4-6-11(15)7-5-10/h4-7,12,16H,8-9H2,1-3H3. The van der Waals surface area contributed by atoms with Crippen molar-refractivity contribution in [2.45, 2.75) is 45.3 Å². The molecule has 0 saturated heterocycles. The Labute approximate surface area is 107 Å². The first-order valence-electron chi connectivity index (χ1n) is 5.93. The monoisotopic (exact) mass is 254 g/mol. The largest absolute Gasteiger partial charge is 0.460 e. The lowest BCUT2D eigenvalue weighted by molar-refractivity contribution is -0.155. The van der Waals surface area contributed by atoms with E-state index in [1.54, 1.807) is 20.8 Å². The number of rotatable bonds is 4. The number of halogens is 1. The number of aliphatic hydroxyl groups is 1. The summed E-state index contributed by atoms with van der Waals surface area (Å²) in [4.78, 5) is 11.5. The number of aliphatic hydroxyl groups excluding tert-OH is 1. The number of hydrogen-bond acceptors (Lipinski definition) is 3. The minimum absolute atomic E-state index is 0.135. The lowest BCUT2D eigenvalue weighted by atomic mass is 10.0. The molecule has 18 heavy (non-hydrogen) atoms. The van der Waals surface area contributed by atoms with Crippen molar-refractivity contribution in [2.24, 2.45) is 0 Å². The minimum Gasteiger partial charge on any atom is -0.460 e. The molecular formula is C14H19FO3. The van der Waals surface area contributed by atoms with Gasteiger partial charge in [-0.25, -0.2) is 4.39 Å². The van der Waals surface area contributed by atoms with Crippen LogP contribution < -0.4 is 0 Å².